The van der Waals surface area contributed by atoms with E-state index in [4.69, 9.17) is 4.74 Å². The molecule has 0 bridgehead atoms. The van der Waals surface area contributed by atoms with Crippen LogP contribution in [0, 0.1) is 0 Å². The van der Waals surface area contributed by atoms with Crippen molar-refractivity contribution < 1.29 is 13.2 Å². The van der Waals surface area contributed by atoms with Crippen LogP contribution in [-0.4, -0.2) is 34.7 Å². The molecule has 7 heteroatoms. The zero-order valence-electron chi connectivity index (χ0n) is 11.2. The van der Waals surface area contributed by atoms with Crippen LogP contribution in [-0.2, 0) is 21.3 Å². The van der Waals surface area contributed by atoms with Crippen molar-refractivity contribution in [2.75, 3.05) is 20.7 Å². The monoisotopic (exact) mass is 304 g/mol. The summed E-state index contributed by atoms with van der Waals surface area (Å²) in [5, 5.41) is 4.78. The van der Waals surface area contributed by atoms with Crippen molar-refractivity contribution >= 4 is 21.4 Å². The third-order valence-corrected chi connectivity index (χ3v) is 6.15. The first kappa shape index (κ1) is 14.9. The second-order valence-corrected chi connectivity index (χ2v) is 7.54. The SMILES string of the molecule is CNCc1sccc1S(=O)(=O)NCC1(OC)CCC1. The number of hydrogen-bond donors (Lipinski definition) is 2. The average Bonchev–Trinajstić information content (AvgIpc) is 2.78. The van der Waals surface area contributed by atoms with E-state index in [0.29, 0.717) is 18.0 Å². The molecule has 19 heavy (non-hydrogen) atoms. The first-order valence-corrected chi connectivity index (χ1v) is 8.65. The molecule has 0 atom stereocenters. The number of sulfonamides is 1. The van der Waals surface area contributed by atoms with Gasteiger partial charge in [0.05, 0.1) is 10.5 Å². The number of hydrogen-bond acceptors (Lipinski definition) is 5. The first-order chi connectivity index (χ1) is 9.03. The Bertz CT molecular complexity index is 515. The van der Waals surface area contributed by atoms with Gasteiger partial charge in [-0.25, -0.2) is 13.1 Å². The van der Waals surface area contributed by atoms with E-state index in [9.17, 15) is 8.42 Å². The van der Waals surface area contributed by atoms with E-state index in [2.05, 4.69) is 10.0 Å². The Morgan fingerprint density at radius 3 is 2.74 bits per heavy atom. The predicted molar refractivity (Wildman–Crippen MR) is 75.9 cm³/mol. The van der Waals surface area contributed by atoms with Crippen molar-refractivity contribution in [3.8, 4) is 0 Å². The molecule has 108 valence electrons. The van der Waals surface area contributed by atoms with E-state index in [1.165, 1.54) is 11.3 Å². The first-order valence-electron chi connectivity index (χ1n) is 6.29. The van der Waals surface area contributed by atoms with Gasteiger partial charge in [-0.15, -0.1) is 11.3 Å². The molecule has 0 amide bonds. The van der Waals surface area contributed by atoms with Gasteiger partial charge in [-0.1, -0.05) is 0 Å². The number of ether oxygens (including phenoxy) is 1. The summed E-state index contributed by atoms with van der Waals surface area (Å²) in [6.45, 7) is 0.907. The summed E-state index contributed by atoms with van der Waals surface area (Å²) in [6, 6.07) is 1.65. The largest absolute Gasteiger partial charge is 0.377 e. The molecule has 1 saturated carbocycles. The maximum atomic E-state index is 12.3. The highest BCUT2D eigenvalue weighted by atomic mass is 32.2. The Kier molecular flexibility index (Phi) is 4.62. The van der Waals surface area contributed by atoms with Gasteiger partial charge in [0.2, 0.25) is 10.0 Å². The van der Waals surface area contributed by atoms with Crippen LogP contribution in [0.25, 0.3) is 0 Å². The van der Waals surface area contributed by atoms with Gasteiger partial charge in [0.25, 0.3) is 0 Å². The standard InChI is InChI=1S/C12H20N2O3S2/c1-13-8-10-11(4-7-18-10)19(15,16)14-9-12(17-2)5-3-6-12/h4,7,13-14H,3,5-6,8-9H2,1-2H3. The highest BCUT2D eigenvalue weighted by Gasteiger charge is 2.38. The molecule has 1 aliphatic carbocycles. The van der Waals surface area contributed by atoms with E-state index >= 15 is 0 Å². The number of methoxy groups -OCH3 is 1. The molecule has 1 heterocycles. The van der Waals surface area contributed by atoms with Crippen molar-refractivity contribution in [1.82, 2.24) is 10.0 Å². The van der Waals surface area contributed by atoms with Crippen LogP contribution in [0.5, 0.6) is 0 Å². The summed E-state index contributed by atoms with van der Waals surface area (Å²) in [5.74, 6) is 0. The summed E-state index contributed by atoms with van der Waals surface area (Å²) in [7, 11) is -0.00213. The van der Waals surface area contributed by atoms with E-state index < -0.39 is 10.0 Å². The van der Waals surface area contributed by atoms with E-state index in [1.54, 1.807) is 25.6 Å². The van der Waals surface area contributed by atoms with E-state index in [0.717, 1.165) is 24.1 Å². The fourth-order valence-corrected chi connectivity index (χ4v) is 4.75. The van der Waals surface area contributed by atoms with Crippen LogP contribution >= 0.6 is 11.3 Å². The van der Waals surface area contributed by atoms with Crippen molar-refractivity contribution in [3.05, 3.63) is 16.3 Å². The highest BCUT2D eigenvalue weighted by Crippen LogP contribution is 2.34. The maximum Gasteiger partial charge on any atom is 0.241 e. The lowest BCUT2D eigenvalue weighted by Crippen LogP contribution is -2.49. The van der Waals surface area contributed by atoms with Crippen LogP contribution in [0.2, 0.25) is 0 Å². The normalized spacial score (nSPS) is 18.2. The van der Waals surface area contributed by atoms with Crippen LogP contribution in [0.3, 0.4) is 0 Å². The molecule has 0 aliphatic heterocycles. The minimum atomic E-state index is -3.45. The van der Waals surface area contributed by atoms with Gasteiger partial charge in [0.15, 0.2) is 0 Å². The third kappa shape index (κ3) is 3.17. The van der Waals surface area contributed by atoms with Crippen molar-refractivity contribution in [3.63, 3.8) is 0 Å². The van der Waals surface area contributed by atoms with Crippen molar-refractivity contribution in [2.24, 2.45) is 0 Å². The zero-order chi connectivity index (χ0) is 13.9. The summed E-state index contributed by atoms with van der Waals surface area (Å²) in [6.07, 6.45) is 2.93. The molecule has 1 aromatic heterocycles. The van der Waals surface area contributed by atoms with Gasteiger partial charge in [0.1, 0.15) is 0 Å². The molecular weight excluding hydrogens is 284 g/mol. The van der Waals surface area contributed by atoms with Gasteiger partial charge in [-0.3, -0.25) is 0 Å². The molecular formula is C12H20N2O3S2. The van der Waals surface area contributed by atoms with Crippen LogP contribution in [0.15, 0.2) is 16.3 Å². The Hall–Kier alpha value is -0.470. The second-order valence-electron chi connectivity index (χ2n) is 4.80. The summed E-state index contributed by atoms with van der Waals surface area (Å²) in [5.41, 5.74) is -0.299. The number of nitrogens with one attached hydrogen (secondary N) is 2. The Morgan fingerprint density at radius 1 is 1.47 bits per heavy atom. The fourth-order valence-electron chi connectivity index (χ4n) is 2.19. The van der Waals surface area contributed by atoms with Crippen LogP contribution in [0.1, 0.15) is 24.1 Å². The molecule has 0 unspecified atom stereocenters. The van der Waals surface area contributed by atoms with Gasteiger partial charge < -0.3 is 10.1 Å². The van der Waals surface area contributed by atoms with Gasteiger partial charge in [-0.2, -0.15) is 0 Å². The lowest BCUT2D eigenvalue weighted by atomic mass is 9.80. The van der Waals surface area contributed by atoms with E-state index in [1.807, 2.05) is 0 Å². The molecule has 0 radical (unpaired) electrons. The molecule has 1 aromatic rings. The second kappa shape index (κ2) is 5.88. The smallest absolute Gasteiger partial charge is 0.241 e. The third-order valence-electron chi connectivity index (χ3n) is 3.61. The van der Waals surface area contributed by atoms with Gasteiger partial charge in [0, 0.05) is 25.1 Å². The Labute approximate surface area is 118 Å². The summed E-state index contributed by atoms with van der Waals surface area (Å²) in [4.78, 5) is 1.20. The molecule has 0 spiro atoms. The maximum absolute atomic E-state index is 12.3. The Morgan fingerprint density at radius 2 is 2.21 bits per heavy atom. The quantitative estimate of drug-likeness (QED) is 0.797. The molecule has 1 fully saturated rings. The predicted octanol–water partition coefficient (Wildman–Crippen LogP) is 1.31. The van der Waals surface area contributed by atoms with Crippen LogP contribution in [0.4, 0.5) is 0 Å². The minimum Gasteiger partial charge on any atom is -0.377 e. The lowest BCUT2D eigenvalue weighted by molar-refractivity contribution is -0.0659. The molecule has 2 rings (SSSR count). The van der Waals surface area contributed by atoms with Gasteiger partial charge in [-0.05, 0) is 37.8 Å². The fraction of sp³-hybridized carbons (Fsp3) is 0.667. The number of rotatable bonds is 7. The molecule has 0 aromatic carbocycles. The highest BCUT2D eigenvalue weighted by molar-refractivity contribution is 7.89. The lowest BCUT2D eigenvalue weighted by Gasteiger charge is -2.40. The van der Waals surface area contributed by atoms with Crippen molar-refractivity contribution in [2.45, 2.75) is 36.3 Å². The van der Waals surface area contributed by atoms with Gasteiger partial charge >= 0.3 is 0 Å². The van der Waals surface area contributed by atoms with Crippen LogP contribution < -0.4 is 10.0 Å². The zero-order valence-corrected chi connectivity index (χ0v) is 12.9. The average molecular weight is 304 g/mol. The van der Waals surface area contributed by atoms with E-state index in [-0.39, 0.29) is 5.60 Å². The summed E-state index contributed by atoms with van der Waals surface area (Å²) >= 11 is 1.45. The topological polar surface area (TPSA) is 67.4 Å². The molecule has 0 saturated heterocycles. The molecule has 2 N–H and O–H groups in total. The molecule has 1 aliphatic rings. The summed E-state index contributed by atoms with van der Waals surface area (Å²) < 4.78 is 32.7. The Balaban J connectivity index is 2.07. The minimum absolute atomic E-state index is 0.299. The number of thiophene rings is 1. The van der Waals surface area contributed by atoms with Crippen molar-refractivity contribution in [1.29, 1.82) is 0 Å². The molecule has 5 nitrogen and oxygen atoms in total.